The number of benzene rings is 1. The van der Waals surface area contributed by atoms with E-state index in [1.807, 2.05) is 32.0 Å². The van der Waals surface area contributed by atoms with Crippen LogP contribution in [0.1, 0.15) is 41.0 Å². The zero-order valence-corrected chi connectivity index (χ0v) is 13.9. The topological polar surface area (TPSA) is 54.0 Å². The molecule has 0 spiro atoms. The average molecular weight is 303 g/mol. The highest BCUT2D eigenvalue weighted by Crippen LogP contribution is 2.27. The first-order valence-electron chi connectivity index (χ1n) is 6.95. The van der Waals surface area contributed by atoms with Crippen LogP contribution in [0.15, 0.2) is 18.2 Å². The van der Waals surface area contributed by atoms with E-state index in [-0.39, 0.29) is 11.9 Å². The van der Waals surface area contributed by atoms with Crippen LogP contribution in [0, 0.1) is 20.8 Å². The number of carbonyl (C=O) groups is 1. The summed E-state index contributed by atoms with van der Waals surface area (Å²) >= 11 is 1.72. The van der Waals surface area contributed by atoms with Crippen molar-refractivity contribution < 1.29 is 4.79 Å². The minimum absolute atomic E-state index is 0.0549. The summed E-state index contributed by atoms with van der Waals surface area (Å²) in [5.74, 6) is -0.0549. The summed E-state index contributed by atoms with van der Waals surface area (Å²) in [7, 11) is 0. The number of rotatable bonds is 4. The highest BCUT2D eigenvalue weighted by molar-refractivity contribution is 7.11. The van der Waals surface area contributed by atoms with Gasteiger partial charge >= 0.3 is 0 Å². The average Bonchev–Trinajstić information content (AvgIpc) is 2.71. The Morgan fingerprint density at radius 1 is 1.29 bits per heavy atom. The summed E-state index contributed by atoms with van der Waals surface area (Å²) in [6.45, 7) is 9.74. The molecule has 0 aliphatic carbocycles. The molecule has 2 rings (SSSR count). The van der Waals surface area contributed by atoms with Gasteiger partial charge in [0.1, 0.15) is 0 Å². The first-order chi connectivity index (χ1) is 9.86. The smallest absolute Gasteiger partial charge is 0.221 e. The first kappa shape index (κ1) is 15.5. The zero-order chi connectivity index (χ0) is 15.6. The maximum Gasteiger partial charge on any atom is 0.221 e. The molecule has 0 saturated carbocycles. The number of nitrogens with one attached hydrogen (secondary N) is 2. The van der Waals surface area contributed by atoms with Gasteiger partial charge in [-0.15, -0.1) is 11.3 Å². The molecule has 1 heterocycles. The molecule has 1 amide bonds. The lowest BCUT2D eigenvalue weighted by Gasteiger charge is -2.16. The molecule has 0 aliphatic rings. The fraction of sp³-hybridized carbons (Fsp3) is 0.375. The normalized spacial score (nSPS) is 12.0. The predicted molar refractivity (Wildman–Crippen MR) is 89.1 cm³/mol. The minimum atomic E-state index is -0.0549. The van der Waals surface area contributed by atoms with E-state index >= 15 is 0 Å². The second kappa shape index (κ2) is 6.26. The molecule has 1 aromatic heterocycles. The summed E-state index contributed by atoms with van der Waals surface area (Å²) in [5.41, 5.74) is 4.01. The molecule has 2 N–H and O–H groups in total. The number of hydrogen-bond acceptors (Lipinski definition) is 4. The van der Waals surface area contributed by atoms with Crippen molar-refractivity contribution in [2.24, 2.45) is 0 Å². The molecule has 0 bridgehead atoms. The summed E-state index contributed by atoms with van der Waals surface area (Å²) in [4.78, 5) is 17.0. The number of amides is 1. The maximum absolute atomic E-state index is 11.1. The molecule has 4 nitrogen and oxygen atoms in total. The standard InChI is InChI=1S/C16H21N3OS/c1-9-8-14(6-7-15(9)18-12(4)20)17-10(2)16-11(3)21-13(5)19-16/h6-8,10,17H,1-5H3,(H,18,20). The van der Waals surface area contributed by atoms with E-state index in [0.717, 1.165) is 27.6 Å². The number of aromatic nitrogens is 1. The highest BCUT2D eigenvalue weighted by Gasteiger charge is 2.13. The van der Waals surface area contributed by atoms with Crippen molar-refractivity contribution in [3.8, 4) is 0 Å². The monoisotopic (exact) mass is 303 g/mol. The van der Waals surface area contributed by atoms with Crippen LogP contribution in [0.25, 0.3) is 0 Å². The van der Waals surface area contributed by atoms with E-state index < -0.39 is 0 Å². The molecule has 0 radical (unpaired) electrons. The van der Waals surface area contributed by atoms with Gasteiger partial charge in [0.2, 0.25) is 5.91 Å². The van der Waals surface area contributed by atoms with Crippen molar-refractivity contribution in [2.75, 3.05) is 10.6 Å². The molecule has 1 aromatic carbocycles. The Bertz CT molecular complexity index is 664. The maximum atomic E-state index is 11.1. The van der Waals surface area contributed by atoms with Gasteiger partial charge in [0.05, 0.1) is 16.7 Å². The molecule has 112 valence electrons. The van der Waals surface area contributed by atoms with Gasteiger partial charge in [-0.1, -0.05) is 0 Å². The fourth-order valence-corrected chi connectivity index (χ4v) is 3.26. The highest BCUT2D eigenvalue weighted by atomic mass is 32.1. The molecule has 21 heavy (non-hydrogen) atoms. The Hall–Kier alpha value is -1.88. The van der Waals surface area contributed by atoms with Gasteiger partial charge in [-0.05, 0) is 51.5 Å². The summed E-state index contributed by atoms with van der Waals surface area (Å²) < 4.78 is 0. The van der Waals surface area contributed by atoms with Gasteiger partial charge in [-0.3, -0.25) is 4.79 Å². The van der Waals surface area contributed by atoms with E-state index in [1.165, 1.54) is 11.8 Å². The quantitative estimate of drug-likeness (QED) is 0.890. The Kier molecular flexibility index (Phi) is 4.63. The van der Waals surface area contributed by atoms with Crippen LogP contribution in [0.2, 0.25) is 0 Å². The molecule has 0 aliphatic heterocycles. The van der Waals surface area contributed by atoms with Crippen molar-refractivity contribution in [3.05, 3.63) is 39.3 Å². The Morgan fingerprint density at radius 3 is 2.52 bits per heavy atom. The third-order valence-electron chi connectivity index (χ3n) is 3.27. The zero-order valence-electron chi connectivity index (χ0n) is 13.1. The molecule has 0 saturated heterocycles. The molecular formula is C16H21N3OS. The molecular weight excluding hydrogens is 282 g/mol. The van der Waals surface area contributed by atoms with Gasteiger partial charge in [-0.25, -0.2) is 4.98 Å². The first-order valence-corrected chi connectivity index (χ1v) is 7.77. The summed E-state index contributed by atoms with van der Waals surface area (Å²) in [6, 6.07) is 6.09. The number of nitrogens with zero attached hydrogens (tertiary/aromatic N) is 1. The van der Waals surface area contributed by atoms with Crippen molar-refractivity contribution in [3.63, 3.8) is 0 Å². The Labute approximate surface area is 129 Å². The molecule has 1 unspecified atom stereocenters. The molecule has 5 heteroatoms. The second-order valence-corrected chi connectivity index (χ2v) is 6.66. The van der Waals surface area contributed by atoms with E-state index in [2.05, 4.69) is 29.5 Å². The van der Waals surface area contributed by atoms with Crippen LogP contribution < -0.4 is 10.6 Å². The number of aryl methyl sites for hydroxylation is 3. The van der Waals surface area contributed by atoms with Gasteiger partial charge in [0.25, 0.3) is 0 Å². The largest absolute Gasteiger partial charge is 0.377 e. The van der Waals surface area contributed by atoms with Crippen molar-refractivity contribution in [2.45, 2.75) is 40.7 Å². The van der Waals surface area contributed by atoms with Crippen molar-refractivity contribution in [1.29, 1.82) is 0 Å². The minimum Gasteiger partial charge on any atom is -0.377 e. The summed E-state index contributed by atoms with van der Waals surface area (Å²) in [5, 5.41) is 7.38. The van der Waals surface area contributed by atoms with Crippen molar-refractivity contribution >= 4 is 28.6 Å². The van der Waals surface area contributed by atoms with Crippen LogP contribution in [-0.2, 0) is 4.79 Å². The lowest BCUT2D eigenvalue weighted by atomic mass is 10.1. The predicted octanol–water partition coefficient (Wildman–Crippen LogP) is 4.20. The van der Waals surface area contributed by atoms with Crippen LogP contribution in [0.5, 0.6) is 0 Å². The third kappa shape index (κ3) is 3.82. The van der Waals surface area contributed by atoms with Crippen LogP contribution in [0.3, 0.4) is 0 Å². The van der Waals surface area contributed by atoms with E-state index in [0.29, 0.717) is 0 Å². The van der Waals surface area contributed by atoms with E-state index in [9.17, 15) is 4.79 Å². The van der Waals surface area contributed by atoms with Crippen LogP contribution >= 0.6 is 11.3 Å². The van der Waals surface area contributed by atoms with E-state index in [4.69, 9.17) is 0 Å². The Balaban J connectivity index is 2.14. The molecule has 0 fully saturated rings. The second-order valence-electron chi connectivity index (χ2n) is 5.25. The van der Waals surface area contributed by atoms with E-state index in [1.54, 1.807) is 11.3 Å². The molecule has 2 aromatic rings. The number of anilines is 2. The number of thiazole rings is 1. The summed E-state index contributed by atoms with van der Waals surface area (Å²) in [6.07, 6.45) is 0. The number of hydrogen-bond donors (Lipinski definition) is 2. The van der Waals surface area contributed by atoms with Gasteiger partial charge < -0.3 is 10.6 Å². The lowest BCUT2D eigenvalue weighted by molar-refractivity contribution is -0.114. The SMILES string of the molecule is CC(=O)Nc1ccc(NC(C)c2nc(C)sc2C)cc1C. The third-order valence-corrected chi connectivity index (χ3v) is 4.17. The molecule has 1 atom stereocenters. The fourth-order valence-electron chi connectivity index (χ4n) is 2.35. The lowest BCUT2D eigenvalue weighted by Crippen LogP contribution is -2.10. The van der Waals surface area contributed by atoms with Crippen LogP contribution in [-0.4, -0.2) is 10.9 Å². The van der Waals surface area contributed by atoms with Gasteiger partial charge in [0, 0.05) is 23.2 Å². The van der Waals surface area contributed by atoms with Crippen LogP contribution in [0.4, 0.5) is 11.4 Å². The Morgan fingerprint density at radius 2 is 2.00 bits per heavy atom. The van der Waals surface area contributed by atoms with Gasteiger partial charge in [0.15, 0.2) is 0 Å². The van der Waals surface area contributed by atoms with Gasteiger partial charge in [-0.2, -0.15) is 0 Å². The van der Waals surface area contributed by atoms with Crippen molar-refractivity contribution in [1.82, 2.24) is 4.98 Å². The number of carbonyl (C=O) groups excluding carboxylic acids is 1.